The predicted octanol–water partition coefficient (Wildman–Crippen LogP) is 2.69. The first-order chi connectivity index (χ1) is 12.9. The molecule has 2 heterocycles. The average molecular weight is 384 g/mol. The monoisotopic (exact) mass is 384 g/mol. The van der Waals surface area contributed by atoms with Crippen LogP contribution in [0.25, 0.3) is 10.6 Å². The molecule has 0 atom stereocenters. The molecule has 0 unspecified atom stereocenters. The highest BCUT2D eigenvalue weighted by molar-refractivity contribution is 7.17. The van der Waals surface area contributed by atoms with Gasteiger partial charge in [-0.25, -0.2) is 15.1 Å². The zero-order valence-corrected chi connectivity index (χ0v) is 16.4. The van der Waals surface area contributed by atoms with Gasteiger partial charge >= 0.3 is 0 Å². The number of aryl methyl sites for hydroxylation is 3. The van der Waals surface area contributed by atoms with Crippen molar-refractivity contribution in [2.45, 2.75) is 27.4 Å². The normalized spacial score (nSPS) is 10.8. The van der Waals surface area contributed by atoms with E-state index in [1.54, 1.807) is 14.0 Å². The largest absolute Gasteiger partial charge is 0.286 e. The Morgan fingerprint density at radius 1 is 1.19 bits per heavy atom. The summed E-state index contributed by atoms with van der Waals surface area (Å²) in [6, 6.07) is 9.54. The molecule has 2 aromatic heterocycles. The second kappa shape index (κ2) is 7.81. The lowest BCUT2D eigenvalue weighted by atomic mass is 10.1. The zero-order valence-electron chi connectivity index (χ0n) is 15.6. The molecule has 1 amide bonds. The van der Waals surface area contributed by atoms with Gasteiger partial charge in [0.15, 0.2) is 0 Å². The van der Waals surface area contributed by atoms with Gasteiger partial charge in [-0.1, -0.05) is 30.3 Å². The van der Waals surface area contributed by atoms with E-state index in [-0.39, 0.29) is 18.1 Å². The van der Waals surface area contributed by atoms with E-state index < -0.39 is 0 Å². The highest BCUT2D eigenvalue weighted by Gasteiger charge is 2.21. The standard InChI is InChI=1S/C19H20N4O3S/c1-11-12(2)21-23(4)19(25)15(11)18-20-13(3)16(27-18)17(24)22-26-10-14-8-6-5-7-9-14/h5-9H,10H2,1-4H3,(H,22,24). The summed E-state index contributed by atoms with van der Waals surface area (Å²) < 4.78 is 1.29. The Bertz CT molecular complexity index is 1040. The van der Waals surface area contributed by atoms with Gasteiger partial charge in [-0.15, -0.1) is 11.3 Å². The van der Waals surface area contributed by atoms with Crippen molar-refractivity contribution < 1.29 is 9.63 Å². The molecule has 0 aliphatic heterocycles. The van der Waals surface area contributed by atoms with Crippen molar-refractivity contribution in [3.05, 3.63) is 68.1 Å². The number of hydroxylamine groups is 1. The first kappa shape index (κ1) is 18.9. The van der Waals surface area contributed by atoms with Crippen LogP contribution < -0.4 is 11.0 Å². The van der Waals surface area contributed by atoms with Gasteiger partial charge in [0.2, 0.25) is 0 Å². The zero-order chi connectivity index (χ0) is 19.6. The summed E-state index contributed by atoms with van der Waals surface area (Å²) in [5, 5.41) is 4.68. The lowest BCUT2D eigenvalue weighted by Gasteiger charge is -2.07. The molecule has 8 heteroatoms. The van der Waals surface area contributed by atoms with E-state index in [1.807, 2.05) is 44.2 Å². The van der Waals surface area contributed by atoms with Crippen LogP contribution in [-0.2, 0) is 18.5 Å². The Labute approximate surface area is 160 Å². The molecular formula is C19H20N4O3S. The molecule has 0 bridgehead atoms. The highest BCUT2D eigenvalue weighted by atomic mass is 32.1. The second-order valence-electron chi connectivity index (χ2n) is 6.15. The van der Waals surface area contributed by atoms with E-state index in [1.165, 1.54) is 16.0 Å². The van der Waals surface area contributed by atoms with Crippen molar-refractivity contribution in [1.29, 1.82) is 0 Å². The van der Waals surface area contributed by atoms with E-state index in [4.69, 9.17) is 4.84 Å². The van der Waals surface area contributed by atoms with Crippen LogP contribution in [0.3, 0.4) is 0 Å². The molecule has 1 N–H and O–H groups in total. The van der Waals surface area contributed by atoms with Gasteiger partial charge in [-0.3, -0.25) is 14.4 Å². The van der Waals surface area contributed by atoms with Crippen LogP contribution >= 0.6 is 11.3 Å². The average Bonchev–Trinajstić information content (AvgIpc) is 3.02. The summed E-state index contributed by atoms with van der Waals surface area (Å²) in [6.45, 7) is 5.67. The van der Waals surface area contributed by atoms with Crippen LogP contribution in [0.5, 0.6) is 0 Å². The predicted molar refractivity (Wildman–Crippen MR) is 103 cm³/mol. The number of amides is 1. The van der Waals surface area contributed by atoms with Crippen molar-refractivity contribution in [3.63, 3.8) is 0 Å². The number of hydrogen-bond acceptors (Lipinski definition) is 6. The Balaban J connectivity index is 1.81. The third kappa shape index (κ3) is 3.96. The van der Waals surface area contributed by atoms with Crippen molar-refractivity contribution in [1.82, 2.24) is 20.2 Å². The fourth-order valence-corrected chi connectivity index (χ4v) is 3.67. The molecule has 0 spiro atoms. The number of hydrogen-bond donors (Lipinski definition) is 1. The number of thiazole rings is 1. The van der Waals surface area contributed by atoms with Gasteiger partial charge in [0.1, 0.15) is 9.88 Å². The highest BCUT2D eigenvalue weighted by Crippen LogP contribution is 2.28. The molecule has 0 aliphatic rings. The fraction of sp³-hybridized carbons (Fsp3) is 0.263. The van der Waals surface area contributed by atoms with E-state index in [0.29, 0.717) is 21.1 Å². The van der Waals surface area contributed by atoms with Crippen LogP contribution in [-0.4, -0.2) is 20.7 Å². The van der Waals surface area contributed by atoms with Crippen molar-refractivity contribution in [3.8, 4) is 10.6 Å². The smallest absolute Gasteiger partial charge is 0.269 e. The van der Waals surface area contributed by atoms with Gasteiger partial charge in [-0.2, -0.15) is 5.10 Å². The van der Waals surface area contributed by atoms with Crippen molar-refractivity contribution in [2.24, 2.45) is 7.05 Å². The number of nitrogens with one attached hydrogen (secondary N) is 1. The van der Waals surface area contributed by atoms with Gasteiger partial charge in [-0.05, 0) is 31.9 Å². The molecule has 0 fully saturated rings. The number of carbonyl (C=O) groups excluding carboxylic acids is 1. The first-order valence-corrected chi connectivity index (χ1v) is 9.18. The lowest BCUT2D eigenvalue weighted by molar-refractivity contribution is 0.0236. The molecule has 3 rings (SSSR count). The number of aromatic nitrogens is 3. The maximum Gasteiger partial charge on any atom is 0.286 e. The Morgan fingerprint density at radius 3 is 2.59 bits per heavy atom. The summed E-state index contributed by atoms with van der Waals surface area (Å²) in [6.07, 6.45) is 0. The molecule has 0 saturated carbocycles. The molecule has 3 aromatic rings. The summed E-state index contributed by atoms with van der Waals surface area (Å²) in [5.74, 6) is -0.382. The maximum absolute atomic E-state index is 12.5. The topological polar surface area (TPSA) is 86.1 Å². The van der Waals surface area contributed by atoms with Gasteiger partial charge < -0.3 is 0 Å². The minimum Gasteiger partial charge on any atom is -0.269 e. The summed E-state index contributed by atoms with van der Waals surface area (Å²) >= 11 is 1.17. The molecule has 0 radical (unpaired) electrons. The summed E-state index contributed by atoms with van der Waals surface area (Å²) in [7, 11) is 1.60. The third-order valence-electron chi connectivity index (χ3n) is 4.19. The SMILES string of the molecule is Cc1nc(-c2c(C)c(C)nn(C)c2=O)sc1C(=O)NOCc1ccccc1. The van der Waals surface area contributed by atoms with Crippen LogP contribution in [0.1, 0.15) is 32.2 Å². The molecule has 0 saturated heterocycles. The van der Waals surface area contributed by atoms with Gasteiger partial charge in [0.05, 0.1) is 23.6 Å². The second-order valence-corrected chi connectivity index (χ2v) is 7.15. The minimum atomic E-state index is -0.382. The van der Waals surface area contributed by atoms with Crippen LogP contribution in [0.4, 0.5) is 0 Å². The lowest BCUT2D eigenvalue weighted by Crippen LogP contribution is -2.23. The van der Waals surface area contributed by atoms with Crippen molar-refractivity contribution >= 4 is 17.2 Å². The summed E-state index contributed by atoms with van der Waals surface area (Å²) in [4.78, 5) is 35.1. The number of rotatable bonds is 5. The molecule has 1 aromatic carbocycles. The minimum absolute atomic E-state index is 0.237. The molecule has 140 valence electrons. The van der Waals surface area contributed by atoms with Crippen LogP contribution in [0.2, 0.25) is 0 Å². The Hall–Kier alpha value is -2.84. The first-order valence-electron chi connectivity index (χ1n) is 8.37. The van der Waals surface area contributed by atoms with E-state index >= 15 is 0 Å². The number of nitrogens with zero attached hydrogens (tertiary/aromatic N) is 3. The summed E-state index contributed by atoms with van der Waals surface area (Å²) in [5.41, 5.74) is 5.69. The Kier molecular flexibility index (Phi) is 5.48. The number of carbonyl (C=O) groups is 1. The molecule has 7 nitrogen and oxygen atoms in total. The van der Waals surface area contributed by atoms with Crippen LogP contribution in [0.15, 0.2) is 35.1 Å². The quantitative estimate of drug-likeness (QED) is 0.684. The number of benzene rings is 1. The molecular weight excluding hydrogens is 364 g/mol. The van der Waals surface area contributed by atoms with Crippen LogP contribution in [0, 0.1) is 20.8 Å². The van der Waals surface area contributed by atoms with E-state index in [0.717, 1.165) is 16.8 Å². The van der Waals surface area contributed by atoms with Gasteiger partial charge in [0.25, 0.3) is 11.5 Å². The van der Waals surface area contributed by atoms with E-state index in [9.17, 15) is 9.59 Å². The van der Waals surface area contributed by atoms with Gasteiger partial charge in [0, 0.05) is 7.05 Å². The third-order valence-corrected chi connectivity index (χ3v) is 5.36. The fourth-order valence-electron chi connectivity index (χ4n) is 2.62. The Morgan fingerprint density at radius 2 is 1.89 bits per heavy atom. The molecule has 27 heavy (non-hydrogen) atoms. The van der Waals surface area contributed by atoms with E-state index in [2.05, 4.69) is 15.6 Å². The van der Waals surface area contributed by atoms with Crippen molar-refractivity contribution in [2.75, 3.05) is 0 Å². The molecule has 0 aliphatic carbocycles. The maximum atomic E-state index is 12.5.